The molecule has 0 saturated carbocycles. The van der Waals surface area contributed by atoms with Crippen molar-refractivity contribution in [3.63, 3.8) is 0 Å². The molecular weight excluding hydrogens is 216 g/mol. The average Bonchev–Trinajstić information content (AvgIpc) is 2.73. The van der Waals surface area contributed by atoms with E-state index in [0.717, 1.165) is 24.5 Å². The highest BCUT2D eigenvalue weighted by molar-refractivity contribution is 5.67. The molecule has 1 heterocycles. The van der Waals surface area contributed by atoms with Gasteiger partial charge in [0.2, 0.25) is 0 Å². The molecular formula is C13H20N2O2. The number of benzene rings is 1. The van der Waals surface area contributed by atoms with E-state index in [4.69, 9.17) is 15.2 Å². The van der Waals surface area contributed by atoms with Gasteiger partial charge in [0.05, 0.1) is 11.4 Å². The van der Waals surface area contributed by atoms with Crippen molar-refractivity contribution in [2.45, 2.75) is 19.1 Å². The third-order valence-corrected chi connectivity index (χ3v) is 3.18. The van der Waals surface area contributed by atoms with Gasteiger partial charge in [-0.3, -0.25) is 0 Å². The number of nitrogen functional groups attached to an aromatic ring is 1. The Kier molecular flexibility index (Phi) is 3.86. The number of ether oxygens (including phenoxy) is 2. The van der Waals surface area contributed by atoms with Crippen LogP contribution in [0.5, 0.6) is 0 Å². The highest BCUT2D eigenvalue weighted by Gasteiger charge is 2.33. The third kappa shape index (κ3) is 2.53. The second-order valence-electron chi connectivity index (χ2n) is 4.23. The van der Waals surface area contributed by atoms with E-state index in [-0.39, 0.29) is 12.2 Å². The van der Waals surface area contributed by atoms with Crippen LogP contribution in [-0.4, -0.2) is 39.0 Å². The van der Waals surface area contributed by atoms with Crippen LogP contribution in [0, 0.1) is 0 Å². The maximum absolute atomic E-state index is 5.98. The van der Waals surface area contributed by atoms with E-state index in [9.17, 15) is 0 Å². The van der Waals surface area contributed by atoms with Crippen LogP contribution in [0.15, 0.2) is 24.3 Å². The van der Waals surface area contributed by atoms with Gasteiger partial charge in [0.15, 0.2) is 0 Å². The Balaban J connectivity index is 2.12. The first-order valence-corrected chi connectivity index (χ1v) is 6.00. The Hall–Kier alpha value is -1.26. The maximum Gasteiger partial charge on any atom is 0.103 e. The zero-order valence-corrected chi connectivity index (χ0v) is 10.4. The first kappa shape index (κ1) is 12.2. The van der Waals surface area contributed by atoms with E-state index in [2.05, 4.69) is 4.90 Å². The number of para-hydroxylation sites is 2. The molecule has 4 heteroatoms. The van der Waals surface area contributed by atoms with Gasteiger partial charge in [-0.2, -0.15) is 0 Å². The van der Waals surface area contributed by atoms with E-state index in [1.807, 2.05) is 31.2 Å². The fourth-order valence-electron chi connectivity index (χ4n) is 2.32. The van der Waals surface area contributed by atoms with Crippen LogP contribution in [0.4, 0.5) is 11.4 Å². The third-order valence-electron chi connectivity index (χ3n) is 3.18. The summed E-state index contributed by atoms with van der Waals surface area (Å²) in [4.78, 5) is 2.23. The zero-order chi connectivity index (χ0) is 12.3. The minimum Gasteiger partial charge on any atom is -0.397 e. The Bertz CT molecular complexity index is 370. The molecule has 0 radical (unpaired) electrons. The molecule has 1 saturated heterocycles. The predicted molar refractivity (Wildman–Crippen MR) is 69.3 cm³/mol. The fraction of sp³-hybridized carbons (Fsp3) is 0.538. The number of methoxy groups -OCH3 is 1. The van der Waals surface area contributed by atoms with E-state index in [1.54, 1.807) is 7.11 Å². The molecule has 0 bridgehead atoms. The van der Waals surface area contributed by atoms with Gasteiger partial charge in [0.1, 0.15) is 12.2 Å². The van der Waals surface area contributed by atoms with Gasteiger partial charge >= 0.3 is 0 Å². The highest BCUT2D eigenvalue weighted by atomic mass is 16.5. The standard InChI is InChI=1S/C13H20N2O2/c1-3-17-13-9-15(8-12(13)16-2)11-7-5-4-6-10(11)14/h4-7,12-13H,3,8-9,14H2,1-2H3/t12-,13-/m1/s1. The van der Waals surface area contributed by atoms with Crippen molar-refractivity contribution < 1.29 is 9.47 Å². The zero-order valence-electron chi connectivity index (χ0n) is 10.4. The lowest BCUT2D eigenvalue weighted by atomic mass is 10.2. The number of nitrogens with two attached hydrogens (primary N) is 1. The molecule has 1 aromatic rings. The molecule has 2 rings (SSSR count). The van der Waals surface area contributed by atoms with Crippen LogP contribution in [0.25, 0.3) is 0 Å². The first-order chi connectivity index (χ1) is 8.26. The lowest BCUT2D eigenvalue weighted by Crippen LogP contribution is -2.28. The number of rotatable bonds is 4. The van der Waals surface area contributed by atoms with E-state index >= 15 is 0 Å². The summed E-state index contributed by atoms with van der Waals surface area (Å²) in [5.74, 6) is 0. The quantitative estimate of drug-likeness (QED) is 0.805. The van der Waals surface area contributed by atoms with Crippen LogP contribution >= 0.6 is 0 Å². The molecule has 1 aromatic carbocycles. The van der Waals surface area contributed by atoms with Gasteiger partial charge in [0, 0.05) is 26.8 Å². The largest absolute Gasteiger partial charge is 0.397 e. The Morgan fingerprint density at radius 2 is 2.00 bits per heavy atom. The smallest absolute Gasteiger partial charge is 0.103 e. The lowest BCUT2D eigenvalue weighted by molar-refractivity contribution is -0.0232. The van der Waals surface area contributed by atoms with Gasteiger partial charge in [-0.1, -0.05) is 12.1 Å². The van der Waals surface area contributed by atoms with Gasteiger partial charge in [-0.15, -0.1) is 0 Å². The summed E-state index contributed by atoms with van der Waals surface area (Å²) < 4.78 is 11.2. The molecule has 4 nitrogen and oxygen atoms in total. The molecule has 0 amide bonds. The number of hydrogen-bond acceptors (Lipinski definition) is 4. The van der Waals surface area contributed by atoms with E-state index in [1.165, 1.54) is 0 Å². The maximum atomic E-state index is 5.98. The lowest BCUT2D eigenvalue weighted by Gasteiger charge is -2.19. The molecule has 94 valence electrons. The molecule has 0 aromatic heterocycles. The minimum atomic E-state index is 0.120. The fourth-order valence-corrected chi connectivity index (χ4v) is 2.32. The van der Waals surface area contributed by atoms with Crippen molar-refractivity contribution in [1.82, 2.24) is 0 Å². The van der Waals surface area contributed by atoms with Crippen LogP contribution < -0.4 is 10.6 Å². The summed E-state index contributed by atoms with van der Waals surface area (Å²) in [6.07, 6.45) is 0.249. The Labute approximate surface area is 102 Å². The van der Waals surface area contributed by atoms with E-state index in [0.29, 0.717) is 6.61 Å². The topological polar surface area (TPSA) is 47.7 Å². The summed E-state index contributed by atoms with van der Waals surface area (Å²) in [6, 6.07) is 7.91. The van der Waals surface area contributed by atoms with Crippen molar-refractivity contribution in [3.05, 3.63) is 24.3 Å². The van der Waals surface area contributed by atoms with Crippen LogP contribution in [0.1, 0.15) is 6.92 Å². The SMILES string of the molecule is CCO[C@@H]1CN(c2ccccc2N)C[C@H]1OC. The van der Waals surface area contributed by atoms with Crippen molar-refractivity contribution in [3.8, 4) is 0 Å². The Morgan fingerprint density at radius 1 is 1.29 bits per heavy atom. The molecule has 17 heavy (non-hydrogen) atoms. The number of hydrogen-bond donors (Lipinski definition) is 1. The normalized spacial score (nSPS) is 24.2. The number of nitrogens with zero attached hydrogens (tertiary/aromatic N) is 1. The Morgan fingerprint density at radius 3 is 2.65 bits per heavy atom. The van der Waals surface area contributed by atoms with Gasteiger partial charge in [-0.05, 0) is 19.1 Å². The average molecular weight is 236 g/mol. The molecule has 2 atom stereocenters. The molecule has 1 aliphatic rings. The van der Waals surface area contributed by atoms with Crippen LogP contribution in [-0.2, 0) is 9.47 Å². The minimum absolute atomic E-state index is 0.120. The van der Waals surface area contributed by atoms with Crippen LogP contribution in [0.3, 0.4) is 0 Å². The van der Waals surface area contributed by atoms with Gasteiger partial charge in [0.25, 0.3) is 0 Å². The summed E-state index contributed by atoms with van der Waals surface area (Å²) in [6.45, 7) is 4.38. The van der Waals surface area contributed by atoms with Gasteiger partial charge in [-0.25, -0.2) is 0 Å². The summed E-state index contributed by atoms with van der Waals surface area (Å²) in [5, 5.41) is 0. The van der Waals surface area contributed by atoms with Crippen molar-refractivity contribution in [2.75, 3.05) is 37.4 Å². The molecule has 2 N–H and O–H groups in total. The van der Waals surface area contributed by atoms with Gasteiger partial charge < -0.3 is 20.1 Å². The second-order valence-corrected chi connectivity index (χ2v) is 4.23. The van der Waals surface area contributed by atoms with Crippen LogP contribution in [0.2, 0.25) is 0 Å². The van der Waals surface area contributed by atoms with E-state index < -0.39 is 0 Å². The molecule has 0 spiro atoms. The summed E-state index contributed by atoms with van der Waals surface area (Å²) >= 11 is 0. The summed E-state index contributed by atoms with van der Waals surface area (Å²) in [5.41, 5.74) is 7.85. The van der Waals surface area contributed by atoms with Crippen molar-refractivity contribution in [2.24, 2.45) is 0 Å². The summed E-state index contributed by atoms with van der Waals surface area (Å²) in [7, 11) is 1.73. The second kappa shape index (κ2) is 5.38. The first-order valence-electron chi connectivity index (χ1n) is 6.00. The monoisotopic (exact) mass is 236 g/mol. The molecule has 0 aliphatic carbocycles. The van der Waals surface area contributed by atoms with Crippen molar-refractivity contribution >= 4 is 11.4 Å². The van der Waals surface area contributed by atoms with Crippen molar-refractivity contribution in [1.29, 1.82) is 0 Å². The number of anilines is 2. The molecule has 1 fully saturated rings. The predicted octanol–water partition coefficient (Wildman–Crippen LogP) is 1.51. The molecule has 0 unspecified atom stereocenters. The highest BCUT2D eigenvalue weighted by Crippen LogP contribution is 2.28. The molecule has 1 aliphatic heterocycles.